The van der Waals surface area contributed by atoms with Crippen molar-refractivity contribution < 1.29 is 0 Å². The first-order valence-electron chi connectivity index (χ1n) is 14.7. The van der Waals surface area contributed by atoms with E-state index in [1.165, 1.54) is 5.56 Å². The molecule has 0 saturated carbocycles. The van der Waals surface area contributed by atoms with Crippen molar-refractivity contribution in [2.24, 2.45) is 0 Å². The van der Waals surface area contributed by atoms with Crippen LogP contribution >= 0.6 is 11.8 Å². The predicted molar refractivity (Wildman–Crippen MR) is 186 cm³/mol. The summed E-state index contributed by atoms with van der Waals surface area (Å²) >= 11 is 1.78. The molecule has 2 N–H and O–H groups in total. The molecule has 8 bridgehead atoms. The number of benzene rings is 3. The van der Waals surface area contributed by atoms with Crippen LogP contribution in [-0.2, 0) is 5.75 Å². The lowest BCUT2D eigenvalue weighted by molar-refractivity contribution is 1.17. The molecule has 2 aliphatic heterocycles. The Balaban J connectivity index is 1.45. The Kier molecular flexibility index (Phi) is 6.78. The summed E-state index contributed by atoms with van der Waals surface area (Å²) < 4.78 is 0. The molecule has 0 saturated heterocycles. The van der Waals surface area contributed by atoms with Crippen molar-refractivity contribution in [3.63, 3.8) is 0 Å². The molecule has 0 radical (unpaired) electrons. The van der Waals surface area contributed by atoms with Gasteiger partial charge in [-0.3, -0.25) is 0 Å². The Bertz CT molecular complexity index is 2070. The smallest absolute Gasteiger partial charge is 0.0795 e. The van der Waals surface area contributed by atoms with Crippen LogP contribution in [0.15, 0.2) is 126 Å². The molecular weight excluding hydrogens is 557 g/mol. The van der Waals surface area contributed by atoms with Crippen LogP contribution in [0.5, 0.6) is 0 Å². The van der Waals surface area contributed by atoms with Crippen LogP contribution in [-0.4, -0.2) is 19.9 Å². The summed E-state index contributed by atoms with van der Waals surface area (Å²) in [5, 5.41) is 0. The van der Waals surface area contributed by atoms with E-state index in [1.807, 2.05) is 12.1 Å². The fourth-order valence-electron chi connectivity index (χ4n) is 5.81. The van der Waals surface area contributed by atoms with Crippen molar-refractivity contribution in [3.05, 3.63) is 150 Å². The zero-order valence-corrected chi connectivity index (χ0v) is 24.7. The third kappa shape index (κ3) is 5.08. The second-order valence-electron chi connectivity index (χ2n) is 10.8. The van der Waals surface area contributed by atoms with E-state index in [0.717, 1.165) is 77.7 Å². The van der Waals surface area contributed by atoms with Gasteiger partial charge in [0.15, 0.2) is 0 Å². The fraction of sp³-hybridized carbons (Fsp3) is 0.0256. The number of hydrogen-bond acceptors (Lipinski definition) is 3. The molecule has 0 unspecified atom stereocenters. The predicted octanol–water partition coefficient (Wildman–Crippen LogP) is 10.3. The summed E-state index contributed by atoms with van der Waals surface area (Å²) in [5.74, 6) is 0.820. The van der Waals surface area contributed by atoms with E-state index in [4.69, 9.17) is 9.97 Å². The molecule has 5 heteroatoms. The van der Waals surface area contributed by atoms with Crippen LogP contribution in [0.3, 0.4) is 0 Å². The molecule has 6 aromatic rings. The summed E-state index contributed by atoms with van der Waals surface area (Å²) in [6, 6.07) is 42.2. The lowest BCUT2D eigenvalue weighted by Crippen LogP contribution is -1.90. The van der Waals surface area contributed by atoms with Crippen LogP contribution in [0, 0.1) is 0 Å². The van der Waals surface area contributed by atoms with E-state index in [9.17, 15) is 0 Å². The highest BCUT2D eigenvalue weighted by molar-refractivity contribution is 7.98. The zero-order valence-electron chi connectivity index (χ0n) is 23.9. The number of fused-ring (bicyclic) bond motifs is 8. The third-order valence-corrected chi connectivity index (χ3v) is 9.06. The Morgan fingerprint density at radius 1 is 0.477 bits per heavy atom. The Hall–Kier alpha value is -5.39. The molecule has 3 aromatic carbocycles. The van der Waals surface area contributed by atoms with Crippen LogP contribution in [0.25, 0.3) is 68.6 Å². The average Bonchev–Trinajstić information content (AvgIpc) is 3.90. The highest BCUT2D eigenvalue weighted by atomic mass is 32.2. The van der Waals surface area contributed by atoms with Gasteiger partial charge >= 0.3 is 0 Å². The second kappa shape index (κ2) is 11.4. The highest BCUT2D eigenvalue weighted by Gasteiger charge is 2.18. The van der Waals surface area contributed by atoms with E-state index >= 15 is 0 Å². The molecule has 8 rings (SSSR count). The average molecular weight is 585 g/mol. The molecule has 3 aromatic heterocycles. The molecule has 2 aliphatic rings. The number of nitrogens with zero attached hydrogens (tertiary/aromatic N) is 2. The topological polar surface area (TPSA) is 57.4 Å². The zero-order chi connectivity index (χ0) is 29.3. The summed E-state index contributed by atoms with van der Waals surface area (Å²) in [7, 11) is 0. The third-order valence-electron chi connectivity index (χ3n) is 7.88. The first-order valence-corrected chi connectivity index (χ1v) is 15.7. The Labute approximate surface area is 259 Å². The van der Waals surface area contributed by atoms with Gasteiger partial charge in [0.1, 0.15) is 0 Å². The largest absolute Gasteiger partial charge is 0.355 e. The summed E-state index contributed by atoms with van der Waals surface area (Å²) in [6.07, 6.45) is 8.52. The maximum Gasteiger partial charge on any atom is 0.0795 e. The van der Waals surface area contributed by atoms with Gasteiger partial charge in [0, 0.05) is 38.9 Å². The normalized spacial score (nSPS) is 12.1. The van der Waals surface area contributed by atoms with Gasteiger partial charge in [-0.15, -0.1) is 11.8 Å². The monoisotopic (exact) mass is 584 g/mol. The van der Waals surface area contributed by atoms with Crippen LogP contribution in [0.2, 0.25) is 0 Å². The molecule has 0 aliphatic carbocycles. The molecule has 5 heterocycles. The Morgan fingerprint density at radius 2 is 0.932 bits per heavy atom. The second-order valence-corrected chi connectivity index (χ2v) is 11.8. The molecule has 44 heavy (non-hydrogen) atoms. The maximum absolute atomic E-state index is 5.27. The molecule has 0 spiro atoms. The number of hydrogen-bond donors (Lipinski definition) is 2. The molecule has 210 valence electrons. The van der Waals surface area contributed by atoms with Gasteiger partial charge in [0.25, 0.3) is 0 Å². The summed E-state index contributed by atoms with van der Waals surface area (Å²) in [5.41, 5.74) is 13.4. The van der Waals surface area contributed by atoms with Gasteiger partial charge in [-0.1, -0.05) is 91.0 Å². The number of thioether (sulfide) groups is 1. The quantitative estimate of drug-likeness (QED) is 0.198. The fourth-order valence-corrected chi connectivity index (χ4v) is 6.84. The van der Waals surface area contributed by atoms with E-state index in [0.29, 0.717) is 0 Å². The molecular formula is C39H28N4S. The Morgan fingerprint density at radius 3 is 1.43 bits per heavy atom. The molecule has 4 nitrogen and oxygen atoms in total. The number of H-pyrrole nitrogens is 2. The van der Waals surface area contributed by atoms with Crippen molar-refractivity contribution in [2.45, 2.75) is 10.6 Å². The lowest BCUT2D eigenvalue weighted by Gasteiger charge is -2.06. The lowest BCUT2D eigenvalue weighted by atomic mass is 10.0. The molecule has 0 atom stereocenters. The van der Waals surface area contributed by atoms with Crippen molar-refractivity contribution >= 4 is 58.1 Å². The standard InChI is InChI=1S/C39H28N4S/c1-4-10-26(11-5-1)25-44-39-35-22-20-33(42-35)37(27-12-6-2-7-13-27)31-18-16-29(40-31)24-30-17-19-32(41-30)38(28-14-8-3-9-15-28)34-21-23-36(39)43-34/h1-24,40-41H,25H2. The minimum atomic E-state index is 0.820. The van der Waals surface area contributed by atoms with Crippen LogP contribution in [0.1, 0.15) is 28.3 Å². The number of aromatic nitrogens is 4. The minimum absolute atomic E-state index is 0.820. The number of rotatable bonds is 5. The van der Waals surface area contributed by atoms with Crippen molar-refractivity contribution in [2.75, 3.05) is 0 Å². The van der Waals surface area contributed by atoms with Gasteiger partial charge in [0.05, 0.1) is 27.7 Å². The highest BCUT2D eigenvalue weighted by Crippen LogP contribution is 2.37. The van der Waals surface area contributed by atoms with Gasteiger partial charge in [-0.05, 0) is 71.3 Å². The van der Waals surface area contributed by atoms with Gasteiger partial charge in [0.2, 0.25) is 0 Å². The van der Waals surface area contributed by atoms with E-state index in [1.54, 1.807) is 11.8 Å². The first kappa shape index (κ1) is 26.3. The van der Waals surface area contributed by atoms with E-state index in [-0.39, 0.29) is 0 Å². The van der Waals surface area contributed by atoms with Crippen LogP contribution in [0.4, 0.5) is 0 Å². The maximum atomic E-state index is 5.27. The number of aromatic amines is 2. The number of nitrogens with one attached hydrogen (secondary N) is 2. The molecule has 0 fully saturated rings. The summed E-state index contributed by atoms with van der Waals surface area (Å²) in [6.45, 7) is 0. The summed E-state index contributed by atoms with van der Waals surface area (Å²) in [4.78, 5) is 18.9. The minimum Gasteiger partial charge on any atom is -0.355 e. The van der Waals surface area contributed by atoms with Crippen LogP contribution < -0.4 is 0 Å². The van der Waals surface area contributed by atoms with Crippen molar-refractivity contribution in [1.82, 2.24) is 19.9 Å². The van der Waals surface area contributed by atoms with Gasteiger partial charge in [-0.2, -0.15) is 0 Å². The SMILES string of the molecule is C1=Cc2nc1c(SCc1ccccc1)c1nc(c(-c3ccccc3)c3ccc(cc4ccc([nH]4)c2-c2ccccc2)[nH]3)C=C1. The van der Waals surface area contributed by atoms with Gasteiger partial charge in [-0.25, -0.2) is 9.97 Å². The van der Waals surface area contributed by atoms with Crippen molar-refractivity contribution in [3.8, 4) is 22.3 Å². The van der Waals surface area contributed by atoms with Gasteiger partial charge < -0.3 is 9.97 Å². The first-order chi connectivity index (χ1) is 21.8. The van der Waals surface area contributed by atoms with E-state index in [2.05, 4.69) is 143 Å². The van der Waals surface area contributed by atoms with E-state index < -0.39 is 0 Å². The van der Waals surface area contributed by atoms with Crippen molar-refractivity contribution in [1.29, 1.82) is 0 Å². The molecule has 0 amide bonds.